The topological polar surface area (TPSA) is 113 Å². The molecule has 0 spiro atoms. The minimum atomic E-state index is -3.40. The molecule has 0 amide bonds. The molecule has 0 radical (unpaired) electrons. The Morgan fingerprint density at radius 2 is 1.45 bits per heavy atom. The van der Waals surface area contributed by atoms with Crippen molar-refractivity contribution < 1.29 is 33.1 Å². The molecule has 68 valence electrons. The van der Waals surface area contributed by atoms with E-state index in [9.17, 15) is 9.13 Å². The first-order chi connectivity index (χ1) is 4.83. The molecule has 0 aromatic heterocycles. The Morgan fingerprint density at radius 1 is 1.18 bits per heavy atom. The van der Waals surface area contributed by atoms with Gasteiger partial charge in [-0.1, -0.05) is 0 Å². The summed E-state index contributed by atoms with van der Waals surface area (Å²) in [5, 5.41) is 8.74. The monoisotopic (exact) mass is 206 g/mol. The Hall–Kier alpha value is 0.260. The van der Waals surface area contributed by atoms with Crippen molar-refractivity contribution >= 4 is 16.5 Å². The molecule has 11 heavy (non-hydrogen) atoms. The van der Waals surface area contributed by atoms with Crippen molar-refractivity contribution in [1.29, 1.82) is 0 Å². The van der Waals surface area contributed by atoms with Gasteiger partial charge in [0.05, 0.1) is 0 Å². The van der Waals surface area contributed by atoms with E-state index in [1.165, 1.54) is 0 Å². The zero-order valence-corrected chi connectivity index (χ0v) is 7.47. The van der Waals surface area contributed by atoms with Gasteiger partial charge in [0.2, 0.25) is 0 Å². The Balaban J connectivity index is 3.99. The van der Waals surface area contributed by atoms with Crippen LogP contribution in [0.5, 0.6) is 0 Å². The smallest absolute Gasteiger partial charge is 0.320 e. The third kappa shape index (κ3) is 6.65. The lowest BCUT2D eigenvalue weighted by atomic mass is 10.7. The van der Waals surface area contributed by atoms with Crippen molar-refractivity contribution in [1.82, 2.24) is 0 Å². The molecule has 0 aromatic carbocycles. The molecule has 0 saturated carbocycles. The van der Waals surface area contributed by atoms with Crippen LogP contribution in [-0.2, 0) is 18.2 Å². The lowest BCUT2D eigenvalue weighted by Gasteiger charge is -2.18. The second-order valence-electron chi connectivity index (χ2n) is 1.63. The van der Waals surface area contributed by atoms with Crippen LogP contribution >= 0.6 is 16.5 Å². The molecule has 7 nitrogen and oxygen atoms in total. The van der Waals surface area contributed by atoms with E-state index >= 15 is 0 Å². The first kappa shape index (κ1) is 11.3. The fourth-order valence-electron chi connectivity index (χ4n) is 0.345. The normalized spacial score (nSPS) is 22.2. The van der Waals surface area contributed by atoms with Crippen LogP contribution in [0.4, 0.5) is 0 Å². The van der Waals surface area contributed by atoms with E-state index in [1.54, 1.807) is 0 Å². The molecule has 0 aliphatic heterocycles. The van der Waals surface area contributed by atoms with Crippen LogP contribution in [-0.4, -0.2) is 20.9 Å². The summed E-state index contributed by atoms with van der Waals surface area (Å²) in [5.74, 6) is -2.49. The highest BCUT2D eigenvalue weighted by atomic mass is 31.1. The lowest BCUT2D eigenvalue weighted by Crippen LogP contribution is -2.26. The maximum absolute atomic E-state index is 9.95. The number of hydrogen-bond donors (Lipinski definition) is 3. The van der Waals surface area contributed by atoms with E-state index in [0.717, 1.165) is 6.92 Å². The van der Waals surface area contributed by atoms with Gasteiger partial charge in [0.15, 0.2) is 0 Å². The van der Waals surface area contributed by atoms with Crippen molar-refractivity contribution in [2.75, 3.05) is 0 Å². The predicted octanol–water partition coefficient (Wildman–Crippen LogP) is -0.550. The Morgan fingerprint density at radius 3 is 1.64 bits per heavy atom. The SMILES string of the molecule is CC(O)(O[PH](=O)O)O[PH](=O)O. The molecule has 0 aliphatic rings. The van der Waals surface area contributed by atoms with E-state index in [1.807, 2.05) is 0 Å². The van der Waals surface area contributed by atoms with E-state index in [-0.39, 0.29) is 0 Å². The number of aliphatic hydroxyl groups is 1. The van der Waals surface area contributed by atoms with Crippen molar-refractivity contribution in [3.8, 4) is 0 Å². The average molecular weight is 206 g/mol. The summed E-state index contributed by atoms with van der Waals surface area (Å²) in [5.41, 5.74) is 0. The summed E-state index contributed by atoms with van der Waals surface area (Å²) in [6.45, 7) is 0.824. The van der Waals surface area contributed by atoms with Crippen molar-refractivity contribution in [3.63, 3.8) is 0 Å². The van der Waals surface area contributed by atoms with E-state index < -0.39 is 22.5 Å². The summed E-state index contributed by atoms with van der Waals surface area (Å²) in [6.07, 6.45) is 0. The van der Waals surface area contributed by atoms with Crippen molar-refractivity contribution in [2.24, 2.45) is 0 Å². The highest BCUT2D eigenvalue weighted by Gasteiger charge is 2.26. The standard InChI is InChI=1S/C2H8O7P2/c1-2(3,8-10(4)5)9-11(6)7/h3,10-11H,1H3,(H,4,5)(H,6,7). The molecule has 2 atom stereocenters. The highest BCUT2D eigenvalue weighted by molar-refractivity contribution is 7.32. The van der Waals surface area contributed by atoms with Crippen LogP contribution in [0.15, 0.2) is 0 Å². The molecule has 3 N–H and O–H groups in total. The first-order valence-corrected chi connectivity index (χ1v) is 4.92. The maximum Gasteiger partial charge on any atom is 0.320 e. The van der Waals surface area contributed by atoms with Gasteiger partial charge in [0, 0.05) is 6.92 Å². The largest absolute Gasteiger partial charge is 0.343 e. The van der Waals surface area contributed by atoms with Crippen LogP contribution in [0.2, 0.25) is 0 Å². The zero-order valence-electron chi connectivity index (χ0n) is 5.47. The van der Waals surface area contributed by atoms with Crippen molar-refractivity contribution in [3.05, 3.63) is 0 Å². The van der Waals surface area contributed by atoms with Crippen LogP contribution in [0.1, 0.15) is 6.92 Å². The second kappa shape index (κ2) is 4.33. The fourth-order valence-corrected chi connectivity index (χ4v) is 1.16. The minimum absolute atomic E-state index is 0.824. The van der Waals surface area contributed by atoms with Crippen LogP contribution < -0.4 is 0 Å². The van der Waals surface area contributed by atoms with Gasteiger partial charge in [-0.05, 0) is 0 Å². The number of rotatable bonds is 4. The van der Waals surface area contributed by atoms with Gasteiger partial charge < -0.3 is 14.9 Å². The molecule has 0 fully saturated rings. The van der Waals surface area contributed by atoms with Gasteiger partial charge >= 0.3 is 16.5 Å². The van der Waals surface area contributed by atoms with Gasteiger partial charge in [-0.3, -0.25) is 18.2 Å². The molecular formula is C2H8O7P2. The molecule has 0 aromatic rings. The summed E-state index contributed by atoms with van der Waals surface area (Å²) in [4.78, 5) is 16.2. The van der Waals surface area contributed by atoms with Crippen LogP contribution in [0.3, 0.4) is 0 Å². The van der Waals surface area contributed by atoms with Gasteiger partial charge in [-0.2, -0.15) is 0 Å². The molecule has 0 aliphatic carbocycles. The fraction of sp³-hybridized carbons (Fsp3) is 1.00. The lowest BCUT2D eigenvalue weighted by molar-refractivity contribution is -0.258. The molecular weight excluding hydrogens is 198 g/mol. The second-order valence-corrected chi connectivity index (χ2v) is 3.11. The molecule has 0 heterocycles. The summed E-state index contributed by atoms with van der Waals surface area (Å²) in [7, 11) is -6.79. The molecule has 2 unspecified atom stereocenters. The molecule has 9 heteroatoms. The van der Waals surface area contributed by atoms with E-state index in [2.05, 4.69) is 9.05 Å². The quantitative estimate of drug-likeness (QED) is 0.417. The third-order valence-electron chi connectivity index (χ3n) is 0.553. The van der Waals surface area contributed by atoms with Crippen LogP contribution in [0, 0.1) is 0 Å². The van der Waals surface area contributed by atoms with Gasteiger partial charge in [-0.25, -0.2) is 0 Å². The Bertz CT molecular complexity index is 157. The first-order valence-electron chi connectivity index (χ1n) is 2.40. The summed E-state index contributed by atoms with van der Waals surface area (Å²) < 4.78 is 27.6. The van der Waals surface area contributed by atoms with E-state index in [0.29, 0.717) is 0 Å². The van der Waals surface area contributed by atoms with Crippen LogP contribution in [0.25, 0.3) is 0 Å². The predicted molar refractivity (Wildman–Crippen MR) is 35.2 cm³/mol. The highest BCUT2D eigenvalue weighted by Crippen LogP contribution is 2.31. The van der Waals surface area contributed by atoms with Gasteiger partial charge in [0.25, 0.3) is 5.97 Å². The Labute approximate surface area is 63.5 Å². The number of hydrogen-bond acceptors (Lipinski definition) is 5. The summed E-state index contributed by atoms with van der Waals surface area (Å²) >= 11 is 0. The van der Waals surface area contributed by atoms with Gasteiger partial charge in [0.1, 0.15) is 0 Å². The molecule has 0 bridgehead atoms. The maximum atomic E-state index is 9.95. The Kier molecular flexibility index (Phi) is 4.43. The molecule has 0 saturated heterocycles. The van der Waals surface area contributed by atoms with E-state index in [4.69, 9.17) is 14.9 Å². The van der Waals surface area contributed by atoms with Gasteiger partial charge in [-0.15, -0.1) is 0 Å². The minimum Gasteiger partial charge on any atom is -0.343 e. The third-order valence-corrected chi connectivity index (χ3v) is 1.66. The summed E-state index contributed by atoms with van der Waals surface area (Å²) in [6, 6.07) is 0. The average Bonchev–Trinajstić information content (AvgIpc) is 1.53. The zero-order chi connectivity index (χ0) is 9.07. The van der Waals surface area contributed by atoms with Crippen molar-refractivity contribution in [2.45, 2.75) is 12.9 Å². The molecule has 0 rings (SSSR count).